The molecule has 1 atom stereocenters. The lowest BCUT2D eigenvalue weighted by molar-refractivity contribution is 0.232. The van der Waals surface area contributed by atoms with Gasteiger partial charge in [0.1, 0.15) is 0 Å². The van der Waals surface area contributed by atoms with Crippen molar-refractivity contribution < 1.29 is 4.74 Å². The Balaban J connectivity index is 2.51. The van der Waals surface area contributed by atoms with Gasteiger partial charge in [-0.2, -0.15) is 4.98 Å². The van der Waals surface area contributed by atoms with Crippen LogP contribution in [-0.2, 0) is 0 Å². The first kappa shape index (κ1) is 15.7. The van der Waals surface area contributed by atoms with E-state index in [0.29, 0.717) is 17.7 Å². The number of rotatable bonds is 9. The monoisotopic (exact) mass is 266 g/mol. The molecule has 19 heavy (non-hydrogen) atoms. The molecule has 0 spiro atoms. The Morgan fingerprint density at radius 1 is 1.37 bits per heavy atom. The van der Waals surface area contributed by atoms with Crippen LogP contribution in [0.25, 0.3) is 0 Å². The maximum atomic E-state index is 5.63. The second-order valence-corrected chi connectivity index (χ2v) is 5.00. The highest BCUT2D eigenvalue weighted by Gasteiger charge is 2.08. The van der Waals surface area contributed by atoms with E-state index in [9.17, 15) is 0 Å². The van der Waals surface area contributed by atoms with Gasteiger partial charge in [0.05, 0.1) is 6.10 Å². The Labute approximate surface area is 116 Å². The number of ether oxygens (including phenoxy) is 1. The quantitative estimate of drug-likeness (QED) is 0.718. The molecule has 108 valence electrons. The molecular weight excluding hydrogens is 240 g/mol. The highest BCUT2D eigenvalue weighted by molar-refractivity contribution is 5.27. The molecule has 0 bridgehead atoms. The third kappa shape index (κ3) is 6.38. The molecule has 1 unspecified atom stereocenters. The summed E-state index contributed by atoms with van der Waals surface area (Å²) < 4.78 is 5.55. The van der Waals surface area contributed by atoms with Crippen LogP contribution in [0.3, 0.4) is 0 Å². The summed E-state index contributed by atoms with van der Waals surface area (Å²) in [7, 11) is 0. The number of nitrogens with two attached hydrogens (primary N) is 1. The number of aromatic nitrogens is 2. The van der Waals surface area contributed by atoms with E-state index in [4.69, 9.17) is 10.5 Å². The van der Waals surface area contributed by atoms with Gasteiger partial charge in [-0.3, -0.25) is 0 Å². The van der Waals surface area contributed by atoms with Crippen molar-refractivity contribution in [2.45, 2.75) is 46.1 Å². The summed E-state index contributed by atoms with van der Waals surface area (Å²) in [5, 5.41) is 3.27. The first-order chi connectivity index (χ1) is 9.15. The van der Waals surface area contributed by atoms with Crippen molar-refractivity contribution in [2.75, 3.05) is 18.4 Å². The van der Waals surface area contributed by atoms with Crippen molar-refractivity contribution in [3.8, 4) is 5.88 Å². The molecule has 5 nitrogen and oxygen atoms in total. The third-order valence-corrected chi connectivity index (χ3v) is 2.81. The Morgan fingerprint density at radius 2 is 2.16 bits per heavy atom. The number of nitrogens with one attached hydrogen (secondary N) is 1. The predicted octanol–water partition coefficient (Wildman–Crippen LogP) is 2.44. The molecule has 0 aliphatic rings. The lowest BCUT2D eigenvalue weighted by Crippen LogP contribution is -2.19. The summed E-state index contributed by atoms with van der Waals surface area (Å²) in [6.07, 6.45) is 5.21. The standard InChI is InChI=1S/C14H26N4O/c1-4-5-12(6-8-15)10-17-14-16-9-7-13(18-14)19-11(2)3/h7,9,11-12H,4-6,8,10,15H2,1-3H3,(H,16,17,18). The Hall–Kier alpha value is -1.36. The minimum atomic E-state index is 0.118. The largest absolute Gasteiger partial charge is 0.475 e. The minimum absolute atomic E-state index is 0.118. The molecule has 0 aliphatic heterocycles. The van der Waals surface area contributed by atoms with Crippen molar-refractivity contribution in [3.63, 3.8) is 0 Å². The van der Waals surface area contributed by atoms with Gasteiger partial charge in [0.25, 0.3) is 0 Å². The third-order valence-electron chi connectivity index (χ3n) is 2.81. The molecule has 0 aromatic carbocycles. The summed E-state index contributed by atoms with van der Waals surface area (Å²) in [5.74, 6) is 1.81. The minimum Gasteiger partial charge on any atom is -0.475 e. The average Bonchev–Trinajstić information content (AvgIpc) is 2.36. The van der Waals surface area contributed by atoms with Crippen LogP contribution in [-0.4, -0.2) is 29.2 Å². The van der Waals surface area contributed by atoms with E-state index in [-0.39, 0.29) is 6.10 Å². The van der Waals surface area contributed by atoms with Gasteiger partial charge in [-0.15, -0.1) is 0 Å². The lowest BCUT2D eigenvalue weighted by atomic mass is 10.00. The molecule has 5 heteroatoms. The second kappa shape index (κ2) is 8.69. The number of hydrogen-bond acceptors (Lipinski definition) is 5. The fourth-order valence-corrected chi connectivity index (χ4v) is 1.96. The average molecular weight is 266 g/mol. The summed E-state index contributed by atoms with van der Waals surface area (Å²) >= 11 is 0. The molecular formula is C14H26N4O. The second-order valence-electron chi connectivity index (χ2n) is 5.00. The number of hydrogen-bond donors (Lipinski definition) is 2. The van der Waals surface area contributed by atoms with Crippen LogP contribution in [0.5, 0.6) is 5.88 Å². The van der Waals surface area contributed by atoms with Gasteiger partial charge in [0.2, 0.25) is 11.8 Å². The Morgan fingerprint density at radius 3 is 2.79 bits per heavy atom. The molecule has 0 aliphatic carbocycles. The summed E-state index contributed by atoms with van der Waals surface area (Å²) in [4.78, 5) is 8.53. The van der Waals surface area contributed by atoms with Crippen molar-refractivity contribution in [1.82, 2.24) is 9.97 Å². The maximum Gasteiger partial charge on any atom is 0.225 e. The van der Waals surface area contributed by atoms with Gasteiger partial charge in [0.15, 0.2) is 0 Å². The normalized spacial score (nSPS) is 12.5. The van der Waals surface area contributed by atoms with E-state index in [2.05, 4.69) is 22.2 Å². The molecule has 1 heterocycles. The lowest BCUT2D eigenvalue weighted by Gasteiger charge is -2.16. The van der Waals surface area contributed by atoms with Crippen LogP contribution in [0.15, 0.2) is 12.3 Å². The molecule has 1 aromatic rings. The van der Waals surface area contributed by atoms with Gasteiger partial charge >= 0.3 is 0 Å². The van der Waals surface area contributed by atoms with E-state index in [1.54, 1.807) is 12.3 Å². The fourth-order valence-electron chi connectivity index (χ4n) is 1.96. The summed E-state index contributed by atoms with van der Waals surface area (Å²) in [6, 6.07) is 1.77. The van der Waals surface area contributed by atoms with Crippen LogP contribution in [0, 0.1) is 5.92 Å². The molecule has 0 saturated carbocycles. The fraction of sp³-hybridized carbons (Fsp3) is 0.714. The number of anilines is 1. The highest BCUT2D eigenvalue weighted by Crippen LogP contribution is 2.13. The Kier molecular flexibility index (Phi) is 7.18. The zero-order valence-corrected chi connectivity index (χ0v) is 12.2. The molecule has 0 saturated heterocycles. The smallest absolute Gasteiger partial charge is 0.225 e. The van der Waals surface area contributed by atoms with Crippen molar-refractivity contribution in [1.29, 1.82) is 0 Å². The summed E-state index contributed by atoms with van der Waals surface area (Å²) in [6.45, 7) is 7.73. The maximum absolute atomic E-state index is 5.63. The van der Waals surface area contributed by atoms with Crippen LogP contribution in [0.4, 0.5) is 5.95 Å². The van der Waals surface area contributed by atoms with Crippen LogP contribution in [0.2, 0.25) is 0 Å². The van der Waals surface area contributed by atoms with Gasteiger partial charge in [-0.05, 0) is 39.2 Å². The van der Waals surface area contributed by atoms with E-state index >= 15 is 0 Å². The van der Waals surface area contributed by atoms with Crippen LogP contribution in [0.1, 0.15) is 40.0 Å². The van der Waals surface area contributed by atoms with E-state index in [0.717, 1.165) is 19.5 Å². The van der Waals surface area contributed by atoms with Crippen molar-refractivity contribution in [3.05, 3.63) is 12.3 Å². The van der Waals surface area contributed by atoms with E-state index in [1.165, 1.54) is 12.8 Å². The molecule has 0 radical (unpaired) electrons. The van der Waals surface area contributed by atoms with Crippen LogP contribution >= 0.6 is 0 Å². The first-order valence-electron chi connectivity index (χ1n) is 7.09. The molecule has 0 fully saturated rings. The van der Waals surface area contributed by atoms with Gasteiger partial charge < -0.3 is 15.8 Å². The zero-order chi connectivity index (χ0) is 14.1. The molecule has 0 amide bonds. The van der Waals surface area contributed by atoms with Gasteiger partial charge in [-0.1, -0.05) is 13.3 Å². The topological polar surface area (TPSA) is 73.1 Å². The first-order valence-corrected chi connectivity index (χ1v) is 7.09. The number of nitrogens with zero attached hydrogens (tertiary/aromatic N) is 2. The molecule has 1 aromatic heterocycles. The van der Waals surface area contributed by atoms with Crippen LogP contribution < -0.4 is 15.8 Å². The zero-order valence-electron chi connectivity index (χ0n) is 12.2. The Bertz CT molecular complexity index is 351. The van der Waals surface area contributed by atoms with E-state index in [1.807, 2.05) is 13.8 Å². The molecule has 3 N–H and O–H groups in total. The molecule has 1 rings (SSSR count). The predicted molar refractivity (Wildman–Crippen MR) is 78.4 cm³/mol. The van der Waals surface area contributed by atoms with Crippen molar-refractivity contribution in [2.24, 2.45) is 11.7 Å². The highest BCUT2D eigenvalue weighted by atomic mass is 16.5. The van der Waals surface area contributed by atoms with Crippen molar-refractivity contribution >= 4 is 5.95 Å². The van der Waals surface area contributed by atoms with Gasteiger partial charge in [0, 0.05) is 18.8 Å². The summed E-state index contributed by atoms with van der Waals surface area (Å²) in [5.41, 5.74) is 5.63. The van der Waals surface area contributed by atoms with E-state index < -0.39 is 0 Å². The SMILES string of the molecule is CCCC(CCN)CNc1nccc(OC(C)C)n1. The van der Waals surface area contributed by atoms with Gasteiger partial charge in [-0.25, -0.2) is 4.98 Å².